The number of nitrogens with zero attached hydrogens (tertiary/aromatic N) is 2. The highest BCUT2D eigenvalue weighted by molar-refractivity contribution is 5.94. The topological polar surface area (TPSA) is 114 Å². The van der Waals surface area contributed by atoms with Crippen LogP contribution < -0.4 is 0 Å². The van der Waals surface area contributed by atoms with Gasteiger partial charge >= 0.3 is 0 Å². The molecule has 4 bridgehead atoms. The van der Waals surface area contributed by atoms with Gasteiger partial charge in [-0.2, -0.15) is 0 Å². The average molecular weight is 386 g/mol. The maximum atomic E-state index is 13.5. The van der Waals surface area contributed by atoms with Crippen molar-refractivity contribution in [3.63, 3.8) is 0 Å². The summed E-state index contributed by atoms with van der Waals surface area (Å²) in [6.45, 7) is 10.2. The summed E-state index contributed by atoms with van der Waals surface area (Å²) in [4.78, 5) is 17.8. The number of hydrogen-bond acceptors (Lipinski definition) is 8. The van der Waals surface area contributed by atoms with Crippen LogP contribution in [0.25, 0.3) is 0 Å². The van der Waals surface area contributed by atoms with E-state index in [-0.39, 0.29) is 24.8 Å². The van der Waals surface area contributed by atoms with Gasteiger partial charge in [0, 0.05) is 26.2 Å². The molecule has 4 heterocycles. The predicted octanol–water partition coefficient (Wildman–Crippen LogP) is -1.14. The minimum absolute atomic E-state index is 0.160. The zero-order valence-electron chi connectivity index (χ0n) is 16.7. The van der Waals surface area contributed by atoms with Crippen LogP contribution in [0.5, 0.6) is 0 Å². The first-order valence-electron chi connectivity index (χ1n) is 9.88. The fourth-order valence-corrected chi connectivity index (χ4v) is 5.10. The van der Waals surface area contributed by atoms with Gasteiger partial charge in [0.05, 0.1) is 24.0 Å². The minimum Gasteiger partial charge on any atom is -0.394 e. The van der Waals surface area contributed by atoms with Crippen LogP contribution in [0.4, 0.5) is 0 Å². The Bertz CT molecular complexity index is 522. The Kier molecular flexibility index (Phi) is 5.73. The van der Waals surface area contributed by atoms with Crippen LogP contribution >= 0.6 is 0 Å². The number of carbonyl (C=O) groups excluding carboxylic acids is 1. The molecule has 0 unspecified atom stereocenters. The van der Waals surface area contributed by atoms with Crippen molar-refractivity contribution in [1.82, 2.24) is 9.80 Å². The first kappa shape index (κ1) is 21.1. The van der Waals surface area contributed by atoms with Crippen LogP contribution in [0.15, 0.2) is 0 Å². The molecule has 4 rings (SSSR count). The zero-order valence-corrected chi connectivity index (χ0v) is 16.7. The highest BCUT2D eigenvalue weighted by atomic mass is 16.5. The highest BCUT2D eigenvalue weighted by Gasteiger charge is 2.67. The van der Waals surface area contributed by atoms with Crippen LogP contribution in [0.3, 0.4) is 0 Å². The van der Waals surface area contributed by atoms with Crippen LogP contribution in [0, 0.1) is 22.7 Å². The largest absolute Gasteiger partial charge is 0.394 e. The molecule has 4 saturated heterocycles. The highest BCUT2D eigenvalue weighted by Crippen LogP contribution is 2.54. The SMILES string of the molecule is CC(C)C12CN3CC(C(C)C)(CN(C1)C3OC[C@H](O)[C@@H](O)[C@H](O)CO)C2=O. The van der Waals surface area contributed by atoms with Crippen molar-refractivity contribution in [2.45, 2.75) is 52.4 Å². The smallest absolute Gasteiger partial charge is 0.168 e. The molecule has 0 aromatic carbocycles. The lowest BCUT2D eigenvalue weighted by Gasteiger charge is -2.67. The molecule has 4 aliphatic rings. The van der Waals surface area contributed by atoms with Gasteiger partial charge in [0.1, 0.15) is 18.3 Å². The molecule has 4 N–H and O–H groups in total. The third-order valence-corrected chi connectivity index (χ3v) is 7.07. The summed E-state index contributed by atoms with van der Waals surface area (Å²) in [5, 5.41) is 38.3. The fourth-order valence-electron chi connectivity index (χ4n) is 5.10. The van der Waals surface area contributed by atoms with Crippen molar-refractivity contribution in [3.8, 4) is 0 Å². The number of ketones is 1. The number of carbonyl (C=O) groups is 1. The molecule has 3 atom stereocenters. The summed E-state index contributed by atoms with van der Waals surface area (Å²) in [6.07, 6.45) is -4.53. The number of piperidine rings is 2. The second kappa shape index (κ2) is 7.33. The van der Waals surface area contributed by atoms with Gasteiger partial charge in [-0.15, -0.1) is 0 Å². The maximum Gasteiger partial charge on any atom is 0.168 e. The van der Waals surface area contributed by atoms with E-state index in [1.807, 2.05) is 0 Å². The van der Waals surface area contributed by atoms with Gasteiger partial charge in [0.25, 0.3) is 0 Å². The number of ether oxygens (including phenoxy) is 1. The molecule has 156 valence electrons. The number of hydrogen-bond donors (Lipinski definition) is 4. The lowest BCUT2D eigenvalue weighted by Crippen LogP contribution is -2.81. The van der Waals surface area contributed by atoms with E-state index in [0.29, 0.717) is 32.0 Å². The first-order valence-corrected chi connectivity index (χ1v) is 9.88. The van der Waals surface area contributed by atoms with Gasteiger partial charge in [0.2, 0.25) is 0 Å². The Morgan fingerprint density at radius 1 is 0.963 bits per heavy atom. The van der Waals surface area contributed by atoms with Crippen LogP contribution in [-0.4, -0.2) is 100 Å². The van der Waals surface area contributed by atoms with Gasteiger partial charge in [-0.25, -0.2) is 0 Å². The van der Waals surface area contributed by atoms with Crippen LogP contribution in [0.2, 0.25) is 0 Å². The second-order valence-corrected chi connectivity index (χ2v) is 9.23. The van der Waals surface area contributed by atoms with E-state index in [4.69, 9.17) is 9.84 Å². The number of aliphatic hydroxyl groups excluding tert-OH is 4. The second-order valence-electron chi connectivity index (χ2n) is 9.23. The third kappa shape index (κ3) is 3.15. The molecular formula is C19H34N2O6. The minimum atomic E-state index is -1.47. The van der Waals surface area contributed by atoms with Crippen molar-refractivity contribution < 1.29 is 30.0 Å². The molecule has 0 spiro atoms. The van der Waals surface area contributed by atoms with Gasteiger partial charge in [-0.1, -0.05) is 27.7 Å². The number of Topliss-reactive ketones (excluding diaryl/α,β-unsaturated/α-hetero) is 1. The first-order chi connectivity index (χ1) is 12.6. The Balaban J connectivity index is 1.75. The quantitative estimate of drug-likeness (QED) is 0.414. The molecule has 0 amide bonds. The zero-order chi connectivity index (χ0) is 20.1. The summed E-state index contributed by atoms with van der Waals surface area (Å²) >= 11 is 0. The molecule has 4 fully saturated rings. The van der Waals surface area contributed by atoms with Gasteiger partial charge < -0.3 is 25.2 Å². The lowest BCUT2D eigenvalue weighted by molar-refractivity contribution is -0.282. The van der Waals surface area contributed by atoms with Crippen molar-refractivity contribution in [3.05, 3.63) is 0 Å². The monoisotopic (exact) mass is 386 g/mol. The van der Waals surface area contributed by atoms with E-state index in [0.717, 1.165) is 0 Å². The van der Waals surface area contributed by atoms with Gasteiger partial charge in [-0.3, -0.25) is 14.6 Å². The standard InChI is InChI=1S/C19H34N2O6/c1-11(2)18-7-20-9-19(12(3)4,16(18)26)10-21(8-18)17(20)27-6-14(24)15(25)13(23)5-22/h11-15,17,22-25H,5-10H2,1-4H3/t13-,14+,15+,17?,18?,19?/m1/s1. The summed E-state index contributed by atoms with van der Waals surface area (Å²) in [5.74, 6) is 0.830. The normalized spacial score (nSPS) is 41.4. The average Bonchev–Trinajstić information content (AvgIpc) is 2.61. The van der Waals surface area contributed by atoms with Crippen molar-refractivity contribution in [1.29, 1.82) is 0 Å². The molecule has 8 nitrogen and oxygen atoms in total. The fraction of sp³-hybridized carbons (Fsp3) is 0.947. The molecule has 27 heavy (non-hydrogen) atoms. The Morgan fingerprint density at radius 2 is 1.41 bits per heavy atom. The predicted molar refractivity (Wildman–Crippen MR) is 97.5 cm³/mol. The summed E-state index contributed by atoms with van der Waals surface area (Å²) in [5.41, 5.74) is -0.794. The van der Waals surface area contributed by atoms with Gasteiger partial charge in [0.15, 0.2) is 12.1 Å². The van der Waals surface area contributed by atoms with E-state index >= 15 is 0 Å². The van der Waals surface area contributed by atoms with Crippen LogP contribution in [0.1, 0.15) is 27.7 Å². The van der Waals surface area contributed by atoms with Gasteiger partial charge in [-0.05, 0) is 11.8 Å². The van der Waals surface area contributed by atoms with Crippen molar-refractivity contribution >= 4 is 5.78 Å². The molecule has 0 saturated carbocycles. The molecular weight excluding hydrogens is 352 g/mol. The molecule has 0 aromatic rings. The van der Waals surface area contributed by atoms with Crippen molar-refractivity contribution in [2.75, 3.05) is 39.4 Å². The van der Waals surface area contributed by atoms with E-state index in [1.54, 1.807) is 0 Å². The van der Waals surface area contributed by atoms with E-state index in [2.05, 4.69) is 37.5 Å². The maximum absolute atomic E-state index is 13.5. The lowest BCUT2D eigenvalue weighted by atomic mass is 9.54. The summed E-state index contributed by atoms with van der Waals surface area (Å²) < 4.78 is 5.92. The number of aliphatic hydroxyl groups is 4. The summed E-state index contributed by atoms with van der Waals surface area (Å²) in [6, 6.07) is 0. The third-order valence-electron chi connectivity index (χ3n) is 7.07. The number of rotatable bonds is 8. The molecule has 0 aliphatic carbocycles. The van der Waals surface area contributed by atoms with Crippen LogP contribution in [-0.2, 0) is 9.53 Å². The molecule has 8 heteroatoms. The molecule has 0 radical (unpaired) electrons. The Labute approximate surface area is 160 Å². The van der Waals surface area contributed by atoms with E-state index in [1.165, 1.54) is 0 Å². The Morgan fingerprint density at radius 3 is 1.78 bits per heavy atom. The molecule has 4 aliphatic heterocycles. The summed E-state index contributed by atoms with van der Waals surface area (Å²) in [7, 11) is 0. The van der Waals surface area contributed by atoms with Crippen molar-refractivity contribution in [2.24, 2.45) is 22.7 Å². The van der Waals surface area contributed by atoms with E-state index in [9.17, 15) is 20.1 Å². The van der Waals surface area contributed by atoms with E-state index < -0.39 is 35.7 Å². The Hall–Kier alpha value is -0.610. The molecule has 0 aromatic heterocycles.